The number of nitrogens with one attached hydrogen (secondary N) is 1. The fraction of sp³-hybridized carbons (Fsp3) is 0.458. The molecule has 180 valence electrons. The lowest BCUT2D eigenvalue weighted by atomic mass is 9.99. The molecule has 1 aliphatic heterocycles. The van der Waals surface area contributed by atoms with E-state index in [2.05, 4.69) is 5.32 Å². The number of carbonyl (C=O) groups is 3. The highest BCUT2D eigenvalue weighted by atomic mass is 16.5. The molecule has 0 unspecified atom stereocenters. The zero-order valence-electron chi connectivity index (χ0n) is 19.0. The highest BCUT2D eigenvalue weighted by Crippen LogP contribution is 2.31. The van der Waals surface area contributed by atoms with E-state index in [1.807, 2.05) is 0 Å². The van der Waals surface area contributed by atoms with Gasteiger partial charge in [-0.1, -0.05) is 25.2 Å². The summed E-state index contributed by atoms with van der Waals surface area (Å²) in [6.07, 6.45) is 2.53. The van der Waals surface area contributed by atoms with Gasteiger partial charge in [-0.2, -0.15) is 0 Å². The van der Waals surface area contributed by atoms with Crippen LogP contribution in [0.25, 0.3) is 6.08 Å². The zero-order valence-corrected chi connectivity index (χ0v) is 19.0. The molecule has 0 aromatic heterocycles. The molecule has 0 spiro atoms. The van der Waals surface area contributed by atoms with E-state index in [9.17, 15) is 29.7 Å². The van der Waals surface area contributed by atoms with Gasteiger partial charge in [0.25, 0.3) is 0 Å². The van der Waals surface area contributed by atoms with Crippen LogP contribution >= 0.6 is 0 Å². The number of aromatic hydroxyl groups is 1. The van der Waals surface area contributed by atoms with Gasteiger partial charge in [0.15, 0.2) is 5.78 Å². The Morgan fingerprint density at radius 2 is 1.94 bits per heavy atom. The molecule has 1 aromatic carbocycles. The van der Waals surface area contributed by atoms with Gasteiger partial charge in [0.2, 0.25) is 5.91 Å². The van der Waals surface area contributed by atoms with E-state index in [4.69, 9.17) is 9.47 Å². The Balaban J connectivity index is 2.32. The van der Waals surface area contributed by atoms with Crippen molar-refractivity contribution in [3.05, 3.63) is 41.5 Å². The van der Waals surface area contributed by atoms with Gasteiger partial charge in [0, 0.05) is 25.5 Å². The molecule has 1 aliphatic rings. The number of aliphatic hydroxyl groups excluding tert-OH is 2. The van der Waals surface area contributed by atoms with Gasteiger partial charge in [-0.05, 0) is 37.5 Å². The molecule has 2 rings (SSSR count). The van der Waals surface area contributed by atoms with Crippen LogP contribution in [0.2, 0.25) is 0 Å². The zero-order chi connectivity index (χ0) is 24.5. The number of hydrogen-bond donors (Lipinski definition) is 4. The van der Waals surface area contributed by atoms with Gasteiger partial charge in [-0.25, -0.2) is 4.79 Å². The Hall–Kier alpha value is -3.17. The number of benzene rings is 1. The van der Waals surface area contributed by atoms with Crippen LogP contribution < -0.4 is 10.1 Å². The Morgan fingerprint density at radius 1 is 1.21 bits per heavy atom. The van der Waals surface area contributed by atoms with Crippen molar-refractivity contribution in [3.63, 3.8) is 0 Å². The fourth-order valence-corrected chi connectivity index (χ4v) is 3.08. The number of hydrogen-bond acceptors (Lipinski definition) is 8. The van der Waals surface area contributed by atoms with Crippen LogP contribution in [0.5, 0.6) is 11.5 Å². The summed E-state index contributed by atoms with van der Waals surface area (Å²) in [7, 11) is 0. The van der Waals surface area contributed by atoms with E-state index in [-0.39, 0.29) is 41.7 Å². The number of fused-ring (bicyclic) bond motifs is 1. The van der Waals surface area contributed by atoms with Crippen LogP contribution in [-0.4, -0.2) is 64.4 Å². The van der Waals surface area contributed by atoms with Gasteiger partial charge >= 0.3 is 5.97 Å². The number of esters is 1. The van der Waals surface area contributed by atoms with Crippen molar-refractivity contribution in [2.45, 2.75) is 51.9 Å². The van der Waals surface area contributed by atoms with Gasteiger partial charge in [0.1, 0.15) is 29.3 Å². The molecule has 9 heteroatoms. The molecule has 0 radical (unpaired) electrons. The average molecular weight is 462 g/mol. The van der Waals surface area contributed by atoms with Crippen molar-refractivity contribution in [1.82, 2.24) is 5.32 Å². The predicted molar refractivity (Wildman–Crippen MR) is 121 cm³/mol. The second-order valence-corrected chi connectivity index (χ2v) is 7.97. The molecule has 9 nitrogen and oxygen atoms in total. The maximum atomic E-state index is 12.8. The van der Waals surface area contributed by atoms with Crippen LogP contribution in [0.4, 0.5) is 0 Å². The van der Waals surface area contributed by atoms with E-state index in [0.717, 1.165) is 0 Å². The lowest BCUT2D eigenvalue weighted by molar-refractivity contribution is -0.127. The van der Waals surface area contributed by atoms with E-state index in [0.29, 0.717) is 18.7 Å². The molecule has 0 fully saturated rings. The van der Waals surface area contributed by atoms with Gasteiger partial charge < -0.3 is 30.1 Å². The van der Waals surface area contributed by atoms with Gasteiger partial charge in [-0.15, -0.1) is 0 Å². The number of ether oxygens (including phenoxy) is 2. The van der Waals surface area contributed by atoms with Gasteiger partial charge in [0.05, 0.1) is 12.7 Å². The lowest BCUT2D eigenvalue weighted by Gasteiger charge is -2.20. The summed E-state index contributed by atoms with van der Waals surface area (Å²) in [4.78, 5) is 35.8. The summed E-state index contributed by atoms with van der Waals surface area (Å²) < 4.78 is 11.1. The largest absolute Gasteiger partial charge is 0.507 e. The molecule has 1 aromatic rings. The first-order valence-corrected chi connectivity index (χ1v) is 10.8. The average Bonchev–Trinajstić information content (AvgIpc) is 2.75. The predicted octanol–water partition coefficient (Wildman–Crippen LogP) is 1.74. The van der Waals surface area contributed by atoms with Crippen LogP contribution in [0, 0.1) is 5.92 Å². The summed E-state index contributed by atoms with van der Waals surface area (Å²) in [5.74, 6) is -1.94. The first kappa shape index (κ1) is 26.1. The first-order valence-electron chi connectivity index (χ1n) is 10.8. The second kappa shape index (κ2) is 12.2. The summed E-state index contributed by atoms with van der Waals surface area (Å²) in [6, 6.07) is 2.85. The highest BCUT2D eigenvalue weighted by molar-refractivity contribution is 5.97. The molecule has 0 bridgehead atoms. The van der Waals surface area contributed by atoms with Crippen molar-refractivity contribution in [2.24, 2.45) is 5.92 Å². The Morgan fingerprint density at radius 3 is 2.64 bits per heavy atom. The molecule has 33 heavy (non-hydrogen) atoms. The number of ketones is 1. The van der Waals surface area contributed by atoms with E-state index in [1.165, 1.54) is 37.3 Å². The van der Waals surface area contributed by atoms with Crippen LogP contribution in [0.1, 0.15) is 49.5 Å². The van der Waals surface area contributed by atoms with Gasteiger partial charge in [-0.3, -0.25) is 9.59 Å². The molecule has 4 atom stereocenters. The Bertz CT molecular complexity index is 923. The maximum Gasteiger partial charge on any atom is 0.342 e. The standard InChI is InChI=1S/C24H31NO8/c1-14-8-9-20(28)23(30)19(27)7-4-6-17-12-18(32-11-5-10-25-16(3)26)13-21(29)22(17)24(31)33-15(14)2/h4,6,8-9,12-15,19,23,27,29-30H,5,7,10-11H2,1-3H3,(H,25,26)/b6-4+,9-8-/t14-,15+,19+,23+/m1/s1. The minimum absolute atomic E-state index is 0.0657. The number of aliphatic hydroxyl groups is 2. The highest BCUT2D eigenvalue weighted by Gasteiger charge is 2.25. The number of cyclic esters (lactones) is 1. The summed E-state index contributed by atoms with van der Waals surface area (Å²) >= 11 is 0. The van der Waals surface area contributed by atoms with Crippen molar-refractivity contribution >= 4 is 23.7 Å². The minimum Gasteiger partial charge on any atom is -0.507 e. The smallest absolute Gasteiger partial charge is 0.342 e. The third kappa shape index (κ3) is 7.73. The first-order chi connectivity index (χ1) is 15.6. The fourth-order valence-electron chi connectivity index (χ4n) is 3.08. The molecular formula is C24H31NO8. The van der Waals surface area contributed by atoms with Crippen LogP contribution in [0.3, 0.4) is 0 Å². The third-order valence-corrected chi connectivity index (χ3v) is 5.22. The number of phenols is 1. The Labute approximate surface area is 192 Å². The summed E-state index contributed by atoms with van der Waals surface area (Å²) in [5, 5.41) is 33.4. The topological polar surface area (TPSA) is 142 Å². The van der Waals surface area contributed by atoms with Crippen LogP contribution in [0.15, 0.2) is 30.4 Å². The van der Waals surface area contributed by atoms with E-state index in [1.54, 1.807) is 19.9 Å². The van der Waals surface area contributed by atoms with Crippen molar-refractivity contribution in [3.8, 4) is 11.5 Å². The van der Waals surface area contributed by atoms with E-state index >= 15 is 0 Å². The second-order valence-electron chi connectivity index (χ2n) is 7.97. The number of rotatable bonds is 5. The molecule has 0 saturated carbocycles. The number of amides is 1. The Kier molecular flexibility index (Phi) is 9.62. The van der Waals surface area contributed by atoms with Crippen molar-refractivity contribution in [2.75, 3.05) is 13.2 Å². The summed E-state index contributed by atoms with van der Waals surface area (Å²) in [6.45, 7) is 5.49. The third-order valence-electron chi connectivity index (χ3n) is 5.22. The summed E-state index contributed by atoms with van der Waals surface area (Å²) in [5.41, 5.74) is 0.223. The molecule has 4 N–H and O–H groups in total. The molecular weight excluding hydrogens is 430 g/mol. The molecule has 1 heterocycles. The van der Waals surface area contributed by atoms with Crippen molar-refractivity contribution in [1.29, 1.82) is 0 Å². The van der Waals surface area contributed by atoms with Crippen molar-refractivity contribution < 1.29 is 39.2 Å². The monoisotopic (exact) mass is 461 g/mol. The minimum atomic E-state index is -1.59. The number of phenolic OH excluding ortho intramolecular Hbond substituents is 1. The molecule has 0 aliphatic carbocycles. The normalized spacial score (nSPS) is 25.8. The lowest BCUT2D eigenvalue weighted by Crippen LogP contribution is -2.32. The molecule has 1 amide bonds. The quantitative estimate of drug-likeness (QED) is 0.384. The maximum absolute atomic E-state index is 12.8. The van der Waals surface area contributed by atoms with Crippen LogP contribution in [-0.2, 0) is 14.3 Å². The number of carbonyl (C=O) groups excluding carboxylic acids is 3. The van der Waals surface area contributed by atoms with E-state index < -0.39 is 30.1 Å². The SMILES string of the molecule is CC(=O)NCCCOc1cc(O)c2c(c1)/C=C/C[C@H](O)[C@H](O)C(=O)/C=C\[C@@H](C)[C@H](C)OC2=O. The molecule has 0 saturated heterocycles.